The van der Waals surface area contributed by atoms with Crippen LogP contribution in [0.5, 0.6) is 0 Å². The highest BCUT2D eigenvalue weighted by molar-refractivity contribution is 8.15. The van der Waals surface area contributed by atoms with Crippen molar-refractivity contribution in [2.75, 3.05) is 12.4 Å². The molecule has 24 heavy (non-hydrogen) atoms. The average Bonchev–Trinajstić information content (AvgIpc) is 2.40. The Labute approximate surface area is 149 Å². The quantitative estimate of drug-likeness (QED) is 0.400. The number of carbonyl (C=O) groups excluding carboxylic acids is 3. The van der Waals surface area contributed by atoms with Gasteiger partial charge in [-0.3, -0.25) is 19.3 Å². The highest BCUT2D eigenvalue weighted by Gasteiger charge is 2.59. The summed E-state index contributed by atoms with van der Waals surface area (Å²) >= 11 is 6.81. The number of thioether (sulfide) groups is 1. The Morgan fingerprint density at radius 1 is 1.38 bits per heavy atom. The topological polar surface area (TPSA) is 97.8 Å². The number of amides is 1. The Balaban J connectivity index is 2.48. The summed E-state index contributed by atoms with van der Waals surface area (Å²) in [6.45, 7) is 6.28. The number of β-lactam (4-membered cyclic amide) rings is 1. The van der Waals surface area contributed by atoms with Gasteiger partial charge >= 0.3 is 5.97 Å². The van der Waals surface area contributed by atoms with Crippen LogP contribution in [-0.4, -0.2) is 58.2 Å². The van der Waals surface area contributed by atoms with E-state index < -0.39 is 48.1 Å². The van der Waals surface area contributed by atoms with Crippen molar-refractivity contribution in [1.82, 2.24) is 4.90 Å². The molecule has 0 aliphatic carbocycles. The molecule has 2 aliphatic heterocycles. The number of fused-ring (bicyclic) bond motifs is 1. The van der Waals surface area contributed by atoms with Gasteiger partial charge in [-0.25, -0.2) is 8.42 Å². The fraction of sp³-hybridized carbons (Fsp3) is 0.643. The smallest absolute Gasteiger partial charge is 0.302 e. The van der Waals surface area contributed by atoms with Crippen LogP contribution >= 0.6 is 23.4 Å². The summed E-state index contributed by atoms with van der Waals surface area (Å²) < 4.78 is 29.1. The van der Waals surface area contributed by atoms with Gasteiger partial charge in [-0.05, 0) is 0 Å². The predicted molar refractivity (Wildman–Crippen MR) is 90.1 cm³/mol. The van der Waals surface area contributed by atoms with E-state index in [-0.39, 0.29) is 17.9 Å². The number of carbonyl (C=O) groups is 3. The van der Waals surface area contributed by atoms with E-state index in [4.69, 9.17) is 16.3 Å². The summed E-state index contributed by atoms with van der Waals surface area (Å²) in [5.74, 6) is -1.71. The molecule has 0 N–H and O–H groups in total. The normalized spacial score (nSPS) is 25.9. The molecule has 0 aromatic carbocycles. The van der Waals surface area contributed by atoms with Crippen LogP contribution in [0.2, 0.25) is 0 Å². The lowest BCUT2D eigenvalue weighted by atomic mass is 10.1. The molecule has 0 bridgehead atoms. The number of hydrogen-bond acceptors (Lipinski definition) is 7. The standard InChI is InChI=1S/C14H18ClNO6S2/c1-7(17)22-5-8-6-24(20,21)12-9(15)11(18)16(12)10(8)13(19)23-14(2,3)4/h9,12H,5-6H2,1-4H3/t9-,12+/m0/s1. The third kappa shape index (κ3) is 3.62. The summed E-state index contributed by atoms with van der Waals surface area (Å²) in [5.41, 5.74) is 0.0676. The molecule has 0 unspecified atom stereocenters. The summed E-state index contributed by atoms with van der Waals surface area (Å²) in [6, 6.07) is 0. The van der Waals surface area contributed by atoms with Crippen molar-refractivity contribution >= 4 is 50.2 Å². The first-order valence-corrected chi connectivity index (χ1v) is 10.1. The molecule has 0 aromatic rings. The molecular formula is C14H18ClNO6S2. The lowest BCUT2D eigenvalue weighted by Crippen LogP contribution is -2.68. The fourth-order valence-corrected chi connectivity index (χ4v) is 5.91. The Hall–Kier alpha value is -1.06. The van der Waals surface area contributed by atoms with E-state index in [0.29, 0.717) is 0 Å². The molecule has 0 aromatic heterocycles. The molecule has 2 heterocycles. The molecular weight excluding hydrogens is 378 g/mol. The highest BCUT2D eigenvalue weighted by atomic mass is 35.5. The summed E-state index contributed by atoms with van der Waals surface area (Å²) in [6.07, 6.45) is 0. The van der Waals surface area contributed by atoms with E-state index in [1.54, 1.807) is 0 Å². The second-order valence-electron chi connectivity index (χ2n) is 6.54. The third-order valence-electron chi connectivity index (χ3n) is 3.34. The maximum absolute atomic E-state index is 12.7. The SMILES string of the molecule is CC(=O)OCC1=C(C(=O)SC(C)(C)C)N2C(=O)[C@H](Cl)[C@H]2S(=O)(=O)C1. The molecule has 2 aliphatic rings. The van der Waals surface area contributed by atoms with Gasteiger partial charge in [0.1, 0.15) is 17.7 Å². The minimum atomic E-state index is -3.75. The van der Waals surface area contributed by atoms with E-state index >= 15 is 0 Å². The van der Waals surface area contributed by atoms with E-state index in [2.05, 4.69) is 0 Å². The van der Waals surface area contributed by atoms with Crippen LogP contribution in [0.3, 0.4) is 0 Å². The maximum atomic E-state index is 12.7. The molecule has 1 saturated heterocycles. The van der Waals surface area contributed by atoms with Crippen LogP contribution in [-0.2, 0) is 29.0 Å². The van der Waals surface area contributed by atoms with Gasteiger partial charge in [-0.15, -0.1) is 11.6 Å². The van der Waals surface area contributed by atoms with Gasteiger partial charge in [0, 0.05) is 17.2 Å². The van der Waals surface area contributed by atoms with Gasteiger partial charge in [0.2, 0.25) is 11.0 Å². The number of sulfone groups is 1. The Kier molecular flexibility index (Phi) is 5.09. The van der Waals surface area contributed by atoms with Gasteiger partial charge in [-0.1, -0.05) is 32.5 Å². The maximum Gasteiger partial charge on any atom is 0.302 e. The van der Waals surface area contributed by atoms with Gasteiger partial charge in [-0.2, -0.15) is 0 Å². The lowest BCUT2D eigenvalue weighted by molar-refractivity contribution is -0.140. The number of ether oxygens (including phenoxy) is 1. The van der Waals surface area contributed by atoms with Crippen molar-refractivity contribution < 1.29 is 27.5 Å². The highest BCUT2D eigenvalue weighted by Crippen LogP contribution is 2.42. The Morgan fingerprint density at radius 3 is 2.46 bits per heavy atom. The fourth-order valence-electron chi connectivity index (χ4n) is 2.44. The van der Waals surface area contributed by atoms with Gasteiger partial charge in [0.05, 0.1) is 5.75 Å². The van der Waals surface area contributed by atoms with Crippen LogP contribution in [0.25, 0.3) is 0 Å². The number of hydrogen-bond donors (Lipinski definition) is 0. The van der Waals surface area contributed by atoms with E-state index in [1.807, 2.05) is 20.8 Å². The van der Waals surface area contributed by atoms with Crippen LogP contribution in [0.1, 0.15) is 27.7 Å². The molecule has 134 valence electrons. The summed E-state index contributed by atoms with van der Waals surface area (Å²) in [7, 11) is -3.75. The molecule has 2 atom stereocenters. The Morgan fingerprint density at radius 2 is 1.96 bits per heavy atom. The number of alkyl halides is 1. The monoisotopic (exact) mass is 395 g/mol. The lowest BCUT2D eigenvalue weighted by Gasteiger charge is -2.47. The van der Waals surface area contributed by atoms with Crippen LogP contribution < -0.4 is 0 Å². The summed E-state index contributed by atoms with van der Waals surface area (Å²) in [5, 5.41) is -2.89. The van der Waals surface area contributed by atoms with Crippen LogP contribution in [0.4, 0.5) is 0 Å². The number of rotatable bonds is 3. The zero-order valence-corrected chi connectivity index (χ0v) is 16.0. The second kappa shape index (κ2) is 6.34. The van der Waals surface area contributed by atoms with E-state index in [1.165, 1.54) is 6.92 Å². The zero-order chi connectivity index (χ0) is 18.4. The molecule has 2 rings (SSSR count). The molecule has 7 nitrogen and oxygen atoms in total. The van der Waals surface area contributed by atoms with Crippen molar-refractivity contribution in [3.05, 3.63) is 11.3 Å². The van der Waals surface area contributed by atoms with Crippen molar-refractivity contribution in [3.63, 3.8) is 0 Å². The average molecular weight is 396 g/mol. The largest absolute Gasteiger partial charge is 0.461 e. The summed E-state index contributed by atoms with van der Waals surface area (Å²) in [4.78, 5) is 36.7. The van der Waals surface area contributed by atoms with Gasteiger partial charge in [0.25, 0.3) is 0 Å². The molecule has 1 fully saturated rings. The minimum Gasteiger partial charge on any atom is -0.461 e. The van der Waals surface area contributed by atoms with E-state index in [9.17, 15) is 22.8 Å². The molecule has 1 amide bonds. The number of halogens is 1. The minimum absolute atomic E-state index is 0.0297. The van der Waals surface area contributed by atoms with Crippen molar-refractivity contribution in [2.45, 2.75) is 43.2 Å². The first-order valence-electron chi connectivity index (χ1n) is 7.12. The van der Waals surface area contributed by atoms with Gasteiger partial charge in [0.15, 0.2) is 15.2 Å². The first-order chi connectivity index (χ1) is 10.8. The third-order valence-corrected chi connectivity index (χ3v) is 6.87. The zero-order valence-electron chi connectivity index (χ0n) is 13.7. The van der Waals surface area contributed by atoms with Crippen LogP contribution in [0, 0.1) is 0 Å². The van der Waals surface area contributed by atoms with Crippen LogP contribution in [0.15, 0.2) is 11.3 Å². The van der Waals surface area contributed by atoms with Gasteiger partial charge < -0.3 is 4.74 Å². The predicted octanol–water partition coefficient (Wildman–Crippen LogP) is 1.07. The molecule has 10 heteroatoms. The number of nitrogens with zero attached hydrogens (tertiary/aromatic N) is 1. The van der Waals surface area contributed by atoms with Crippen molar-refractivity contribution in [1.29, 1.82) is 0 Å². The first kappa shape index (κ1) is 19.3. The molecule has 0 radical (unpaired) electrons. The molecule has 0 spiro atoms. The number of esters is 1. The molecule has 0 saturated carbocycles. The Bertz CT molecular complexity index is 737. The van der Waals surface area contributed by atoms with Crippen molar-refractivity contribution in [3.8, 4) is 0 Å². The second-order valence-corrected chi connectivity index (χ2v) is 10.9. The van der Waals surface area contributed by atoms with Crippen molar-refractivity contribution in [2.24, 2.45) is 0 Å². The van der Waals surface area contributed by atoms with E-state index in [0.717, 1.165) is 16.7 Å².